The highest BCUT2D eigenvalue weighted by Gasteiger charge is 2.73. The van der Waals surface area contributed by atoms with Crippen molar-refractivity contribution in [2.24, 2.45) is 0 Å². The summed E-state index contributed by atoms with van der Waals surface area (Å²) in [6.07, 6.45) is -11.3. The van der Waals surface area contributed by atoms with Gasteiger partial charge in [-0.25, -0.2) is 0 Å². The largest absolute Gasteiger partial charge is 0.460 e. The van der Waals surface area contributed by atoms with Crippen molar-refractivity contribution in [3.63, 3.8) is 0 Å². The second-order valence-corrected chi connectivity index (χ2v) is 8.70. The molecule has 0 aromatic heterocycles. The third kappa shape index (κ3) is 6.93. The molecule has 5 nitrogen and oxygen atoms in total. The van der Waals surface area contributed by atoms with Gasteiger partial charge < -0.3 is 5.32 Å². The number of hydrogen-bond donors (Lipinski definition) is 1. The van der Waals surface area contributed by atoms with Crippen LogP contribution in [-0.4, -0.2) is 33.9 Å². The predicted molar refractivity (Wildman–Crippen MR) is 106 cm³/mol. The molecule has 0 saturated carbocycles. The lowest BCUT2D eigenvalue weighted by Crippen LogP contribution is -2.49. The van der Waals surface area contributed by atoms with Gasteiger partial charge >= 0.3 is 23.5 Å². The predicted octanol–water partition coefficient (Wildman–Crippen LogP) is 7.23. The number of anilines is 1. The molecule has 0 aliphatic heterocycles. The maximum atomic E-state index is 13.6. The number of halogens is 10. The molecule has 0 fully saturated rings. The Hall–Kier alpha value is -2.69. The molecule has 0 spiro atoms. The average molecular weight is 556 g/mol. The average Bonchev–Trinajstić information content (AvgIpc) is 2.71. The van der Waals surface area contributed by atoms with Crippen LogP contribution in [0.2, 0.25) is 0 Å². The van der Waals surface area contributed by atoms with Crippen LogP contribution in [-0.2, 0) is 11.0 Å². The highest BCUT2D eigenvalue weighted by molar-refractivity contribution is 8.00. The van der Waals surface area contributed by atoms with E-state index in [0.29, 0.717) is 30.0 Å². The quantitative estimate of drug-likeness (QED) is 0.161. The fourth-order valence-corrected chi connectivity index (χ4v) is 3.97. The SMILES string of the molecule is O=C(CSc1ccc(SC(F)(F)C(F)(F)C(F)(F)F)cc1[N+](=O)[O-])Nc1cccc(C(F)(F)F)c1. The molecular formula is C18H10F10N2O3S2. The molecule has 2 rings (SSSR count). The number of benzene rings is 2. The van der Waals surface area contributed by atoms with Crippen molar-refractivity contribution in [1.29, 1.82) is 0 Å². The number of hydrogen-bond acceptors (Lipinski definition) is 5. The summed E-state index contributed by atoms with van der Waals surface area (Å²) in [5.41, 5.74) is -2.27. The summed E-state index contributed by atoms with van der Waals surface area (Å²) in [7, 11) is 0. The van der Waals surface area contributed by atoms with Crippen LogP contribution in [0.4, 0.5) is 55.3 Å². The molecule has 2 aromatic carbocycles. The molecule has 17 heteroatoms. The van der Waals surface area contributed by atoms with Crippen LogP contribution < -0.4 is 5.32 Å². The van der Waals surface area contributed by atoms with Crippen LogP contribution >= 0.6 is 23.5 Å². The Bertz CT molecular complexity index is 1110. The minimum absolute atomic E-state index is 0.237. The second-order valence-electron chi connectivity index (χ2n) is 6.49. The highest BCUT2D eigenvalue weighted by Crippen LogP contribution is 2.54. The van der Waals surface area contributed by atoms with E-state index in [0.717, 1.165) is 24.3 Å². The van der Waals surface area contributed by atoms with E-state index in [4.69, 9.17) is 0 Å². The maximum absolute atomic E-state index is 13.6. The van der Waals surface area contributed by atoms with Crippen LogP contribution in [0, 0.1) is 10.1 Å². The van der Waals surface area contributed by atoms with Gasteiger partial charge in [-0.3, -0.25) is 14.9 Å². The van der Waals surface area contributed by atoms with Gasteiger partial charge in [0, 0.05) is 16.6 Å². The van der Waals surface area contributed by atoms with Gasteiger partial charge in [0.2, 0.25) is 5.91 Å². The molecule has 0 heterocycles. The van der Waals surface area contributed by atoms with Crippen LogP contribution in [0.5, 0.6) is 0 Å². The van der Waals surface area contributed by atoms with E-state index in [1.807, 2.05) is 0 Å². The van der Waals surface area contributed by atoms with E-state index in [2.05, 4.69) is 5.32 Å². The Morgan fingerprint density at radius 3 is 2.11 bits per heavy atom. The molecule has 192 valence electrons. The smallest absolute Gasteiger partial charge is 0.325 e. The summed E-state index contributed by atoms with van der Waals surface area (Å²) in [4.78, 5) is 20.8. The van der Waals surface area contributed by atoms with Gasteiger partial charge in [-0.15, -0.1) is 11.8 Å². The summed E-state index contributed by atoms with van der Waals surface area (Å²) in [6.45, 7) is 0. The fourth-order valence-electron chi connectivity index (χ4n) is 2.32. The lowest BCUT2D eigenvalue weighted by Gasteiger charge is -2.27. The Morgan fingerprint density at radius 1 is 0.943 bits per heavy atom. The van der Waals surface area contributed by atoms with Crippen LogP contribution in [0.15, 0.2) is 52.3 Å². The Kier molecular flexibility index (Phi) is 8.26. The van der Waals surface area contributed by atoms with E-state index in [-0.39, 0.29) is 10.6 Å². The highest BCUT2D eigenvalue weighted by atomic mass is 32.2. The first-order chi connectivity index (χ1) is 15.8. The number of alkyl halides is 10. The standard InChI is InChI=1S/C18H10F10N2O3S2/c19-15(20,21)9-2-1-3-10(6-9)29-14(31)8-34-13-5-4-11(7-12(13)30(32)33)35-18(27,28)16(22,23)17(24,25)26/h1-7H,8H2,(H,29,31). The molecule has 35 heavy (non-hydrogen) atoms. The summed E-state index contributed by atoms with van der Waals surface area (Å²) in [5.74, 6) is -7.95. The number of amides is 1. The zero-order valence-corrected chi connectivity index (χ0v) is 18.1. The maximum Gasteiger partial charge on any atom is 0.460 e. The van der Waals surface area contributed by atoms with Crippen molar-refractivity contribution < 1.29 is 53.6 Å². The van der Waals surface area contributed by atoms with Crippen molar-refractivity contribution in [2.45, 2.75) is 33.3 Å². The molecule has 0 bridgehead atoms. The van der Waals surface area contributed by atoms with Crippen molar-refractivity contribution in [2.75, 3.05) is 11.1 Å². The van der Waals surface area contributed by atoms with E-state index in [1.165, 1.54) is 0 Å². The van der Waals surface area contributed by atoms with Crippen LogP contribution in [0.3, 0.4) is 0 Å². The first kappa shape index (κ1) is 28.5. The van der Waals surface area contributed by atoms with Gasteiger partial charge in [0.25, 0.3) is 5.69 Å². The van der Waals surface area contributed by atoms with Crippen LogP contribution in [0.25, 0.3) is 0 Å². The minimum atomic E-state index is -6.59. The van der Waals surface area contributed by atoms with Gasteiger partial charge in [0.1, 0.15) is 0 Å². The molecule has 0 unspecified atom stereocenters. The fraction of sp³-hybridized carbons (Fsp3) is 0.278. The van der Waals surface area contributed by atoms with E-state index < -0.39 is 68.0 Å². The molecule has 0 atom stereocenters. The zero-order chi connectivity index (χ0) is 26.8. The number of nitro groups is 1. The number of carbonyl (C=O) groups is 1. The van der Waals surface area contributed by atoms with Crippen molar-refractivity contribution >= 4 is 40.8 Å². The van der Waals surface area contributed by atoms with E-state index in [1.54, 1.807) is 0 Å². The number of carbonyl (C=O) groups excluding carboxylic acids is 1. The first-order valence-corrected chi connectivity index (χ1v) is 10.5. The van der Waals surface area contributed by atoms with Gasteiger partial charge in [-0.2, -0.15) is 43.9 Å². The summed E-state index contributed by atoms with van der Waals surface area (Å²) < 4.78 is 128. The third-order valence-corrected chi connectivity index (χ3v) is 5.99. The number of rotatable bonds is 8. The second kappa shape index (κ2) is 10.1. The Labute approximate surface area is 197 Å². The number of thioether (sulfide) groups is 2. The molecule has 0 radical (unpaired) electrons. The van der Waals surface area contributed by atoms with Gasteiger partial charge in [0.15, 0.2) is 0 Å². The van der Waals surface area contributed by atoms with Crippen molar-refractivity contribution in [3.05, 3.63) is 58.1 Å². The monoisotopic (exact) mass is 556 g/mol. The zero-order valence-electron chi connectivity index (χ0n) is 16.5. The van der Waals surface area contributed by atoms with E-state index in [9.17, 15) is 58.8 Å². The normalized spacial score (nSPS) is 13.0. The number of nitrogens with zero attached hydrogens (tertiary/aromatic N) is 1. The van der Waals surface area contributed by atoms with Gasteiger partial charge in [-0.1, -0.05) is 6.07 Å². The Morgan fingerprint density at radius 2 is 1.57 bits per heavy atom. The summed E-state index contributed by atoms with van der Waals surface area (Å²) >= 11 is -0.791. The molecule has 2 aromatic rings. The van der Waals surface area contributed by atoms with Crippen LogP contribution in [0.1, 0.15) is 5.56 Å². The lowest BCUT2D eigenvalue weighted by molar-refractivity contribution is -0.387. The molecule has 1 N–H and O–H groups in total. The lowest BCUT2D eigenvalue weighted by atomic mass is 10.2. The summed E-state index contributed by atoms with van der Waals surface area (Å²) in [6, 6.07) is 5.25. The minimum Gasteiger partial charge on any atom is -0.325 e. The topological polar surface area (TPSA) is 72.2 Å². The Balaban J connectivity index is 2.15. The van der Waals surface area contributed by atoms with Crippen molar-refractivity contribution in [3.8, 4) is 0 Å². The first-order valence-electron chi connectivity index (χ1n) is 8.75. The number of nitro benzene ring substituents is 1. The molecule has 0 aliphatic carbocycles. The third-order valence-electron chi connectivity index (χ3n) is 3.93. The van der Waals surface area contributed by atoms with Crippen molar-refractivity contribution in [1.82, 2.24) is 0 Å². The molecule has 0 aliphatic rings. The molecule has 1 amide bonds. The van der Waals surface area contributed by atoms with E-state index >= 15 is 0 Å². The number of nitrogens with one attached hydrogen (secondary N) is 1. The molecule has 0 saturated heterocycles. The molecular weight excluding hydrogens is 546 g/mol. The van der Waals surface area contributed by atoms with Gasteiger partial charge in [0.05, 0.1) is 21.1 Å². The van der Waals surface area contributed by atoms with Gasteiger partial charge in [-0.05, 0) is 42.1 Å². The summed E-state index contributed by atoms with van der Waals surface area (Å²) in [5, 5.41) is 7.65.